The third kappa shape index (κ3) is 3.32. The predicted molar refractivity (Wildman–Crippen MR) is 50.6 cm³/mol. The lowest BCUT2D eigenvalue weighted by atomic mass is 9.92. The van der Waals surface area contributed by atoms with Gasteiger partial charge in [-0.2, -0.15) is 0 Å². The second-order valence-corrected chi connectivity index (χ2v) is 3.36. The highest BCUT2D eigenvalue weighted by atomic mass is 16.5. The third-order valence-corrected chi connectivity index (χ3v) is 2.30. The summed E-state index contributed by atoms with van der Waals surface area (Å²) < 4.78 is 4.88. The second-order valence-electron chi connectivity index (χ2n) is 3.36. The van der Waals surface area contributed by atoms with Crippen LogP contribution in [0.4, 0.5) is 0 Å². The molecule has 1 rings (SSSR count). The zero-order chi connectivity index (χ0) is 8.81. The molecule has 0 heterocycles. The van der Waals surface area contributed by atoms with Crippen LogP contribution in [0.25, 0.3) is 0 Å². The van der Waals surface area contributed by atoms with Gasteiger partial charge in [0.05, 0.1) is 6.61 Å². The molecule has 2 N–H and O–H groups in total. The molecule has 0 aromatic carbocycles. The molecule has 12 heavy (non-hydrogen) atoms. The molecular weight excluding hydrogens is 152 g/mol. The molecule has 1 aliphatic carbocycles. The highest BCUT2D eigenvalue weighted by Gasteiger charge is 2.16. The van der Waals surface area contributed by atoms with E-state index in [-0.39, 0.29) is 0 Å². The van der Waals surface area contributed by atoms with Crippen LogP contribution in [-0.4, -0.2) is 32.0 Å². The SMILES string of the molecule is COCC=NC1CCC(N)CC1. The zero-order valence-electron chi connectivity index (χ0n) is 7.70. The maximum atomic E-state index is 5.78. The molecule has 1 saturated carbocycles. The molecule has 1 fully saturated rings. The van der Waals surface area contributed by atoms with Crippen molar-refractivity contribution in [3.63, 3.8) is 0 Å². The van der Waals surface area contributed by atoms with Crippen LogP contribution in [0.1, 0.15) is 25.7 Å². The first kappa shape index (κ1) is 9.68. The quantitative estimate of drug-likeness (QED) is 0.642. The number of nitrogens with zero attached hydrogens (tertiary/aromatic N) is 1. The smallest absolute Gasteiger partial charge is 0.0810 e. The Morgan fingerprint density at radius 1 is 1.42 bits per heavy atom. The van der Waals surface area contributed by atoms with Crippen molar-refractivity contribution in [1.82, 2.24) is 0 Å². The third-order valence-electron chi connectivity index (χ3n) is 2.30. The molecule has 0 aliphatic heterocycles. The monoisotopic (exact) mass is 170 g/mol. The van der Waals surface area contributed by atoms with Crippen LogP contribution in [0.3, 0.4) is 0 Å². The summed E-state index contributed by atoms with van der Waals surface area (Å²) in [5.74, 6) is 0. The fourth-order valence-corrected chi connectivity index (χ4v) is 1.52. The molecule has 1 aliphatic rings. The lowest BCUT2D eigenvalue weighted by Gasteiger charge is -2.22. The molecule has 0 aromatic heterocycles. The number of aliphatic imine (C=N–C) groups is 1. The molecule has 0 unspecified atom stereocenters. The van der Waals surface area contributed by atoms with Gasteiger partial charge in [0.1, 0.15) is 0 Å². The highest BCUT2D eigenvalue weighted by molar-refractivity contribution is 5.58. The Morgan fingerprint density at radius 3 is 2.67 bits per heavy atom. The molecule has 0 radical (unpaired) electrons. The topological polar surface area (TPSA) is 47.6 Å². The Labute approximate surface area is 74.0 Å². The first-order valence-electron chi connectivity index (χ1n) is 4.59. The van der Waals surface area contributed by atoms with Gasteiger partial charge in [0.15, 0.2) is 0 Å². The van der Waals surface area contributed by atoms with Gasteiger partial charge in [-0.25, -0.2) is 0 Å². The summed E-state index contributed by atoms with van der Waals surface area (Å²) in [4.78, 5) is 4.40. The molecule has 3 nitrogen and oxygen atoms in total. The van der Waals surface area contributed by atoms with E-state index in [1.807, 2.05) is 6.21 Å². The second kappa shape index (κ2) is 5.27. The van der Waals surface area contributed by atoms with Gasteiger partial charge < -0.3 is 10.5 Å². The van der Waals surface area contributed by atoms with E-state index in [4.69, 9.17) is 10.5 Å². The van der Waals surface area contributed by atoms with Crippen LogP contribution in [0.2, 0.25) is 0 Å². The Hall–Kier alpha value is -0.410. The first-order valence-corrected chi connectivity index (χ1v) is 4.59. The van der Waals surface area contributed by atoms with Crippen LogP contribution in [0, 0.1) is 0 Å². The molecule has 0 atom stereocenters. The highest BCUT2D eigenvalue weighted by Crippen LogP contribution is 2.19. The first-order chi connectivity index (χ1) is 5.83. The normalized spacial score (nSPS) is 31.2. The summed E-state index contributed by atoms with van der Waals surface area (Å²) in [5, 5.41) is 0. The Kier molecular flexibility index (Phi) is 4.25. The molecule has 0 bridgehead atoms. The molecule has 0 amide bonds. The van der Waals surface area contributed by atoms with E-state index in [0.29, 0.717) is 18.7 Å². The van der Waals surface area contributed by atoms with Crippen LogP contribution in [0.15, 0.2) is 4.99 Å². The number of rotatable bonds is 3. The van der Waals surface area contributed by atoms with Gasteiger partial charge in [0, 0.05) is 25.4 Å². The zero-order valence-corrected chi connectivity index (χ0v) is 7.70. The largest absolute Gasteiger partial charge is 0.379 e. The van der Waals surface area contributed by atoms with E-state index in [1.54, 1.807) is 7.11 Å². The number of hydrogen-bond acceptors (Lipinski definition) is 3. The summed E-state index contributed by atoms with van der Waals surface area (Å²) in [7, 11) is 1.68. The molecule has 0 aromatic rings. The molecule has 3 heteroatoms. The van der Waals surface area contributed by atoms with E-state index in [2.05, 4.69) is 4.99 Å². The maximum absolute atomic E-state index is 5.78. The fraction of sp³-hybridized carbons (Fsp3) is 0.889. The van der Waals surface area contributed by atoms with Crippen molar-refractivity contribution >= 4 is 6.21 Å². The van der Waals surface area contributed by atoms with Gasteiger partial charge >= 0.3 is 0 Å². The Morgan fingerprint density at radius 2 is 2.08 bits per heavy atom. The summed E-state index contributed by atoms with van der Waals surface area (Å²) >= 11 is 0. The van der Waals surface area contributed by atoms with Crippen LogP contribution < -0.4 is 5.73 Å². The predicted octanol–water partition coefficient (Wildman–Crippen LogP) is 0.974. The van der Waals surface area contributed by atoms with E-state index in [0.717, 1.165) is 25.7 Å². The number of ether oxygens (including phenoxy) is 1. The summed E-state index contributed by atoms with van der Waals surface area (Å²) in [5.41, 5.74) is 5.78. The van der Waals surface area contributed by atoms with E-state index in [9.17, 15) is 0 Å². The van der Waals surface area contributed by atoms with Gasteiger partial charge in [0.25, 0.3) is 0 Å². The minimum Gasteiger partial charge on any atom is -0.379 e. The van der Waals surface area contributed by atoms with Crippen molar-refractivity contribution in [2.45, 2.75) is 37.8 Å². The molecule has 0 saturated heterocycles. The fourth-order valence-electron chi connectivity index (χ4n) is 1.52. The lowest BCUT2D eigenvalue weighted by Crippen LogP contribution is -2.28. The average molecular weight is 170 g/mol. The van der Waals surface area contributed by atoms with Gasteiger partial charge in [0.2, 0.25) is 0 Å². The standard InChI is InChI=1S/C9H18N2O/c1-12-7-6-11-9-4-2-8(10)3-5-9/h6,8-9H,2-5,7,10H2,1H3. The van der Waals surface area contributed by atoms with Gasteiger partial charge in [-0.05, 0) is 25.7 Å². The number of nitrogens with two attached hydrogens (primary N) is 1. The summed E-state index contributed by atoms with van der Waals surface area (Å²) in [6.45, 7) is 0.628. The Balaban J connectivity index is 2.17. The minimum absolute atomic E-state index is 0.416. The molecule has 0 spiro atoms. The van der Waals surface area contributed by atoms with Crippen molar-refractivity contribution in [2.75, 3.05) is 13.7 Å². The van der Waals surface area contributed by atoms with Crippen molar-refractivity contribution in [3.05, 3.63) is 0 Å². The van der Waals surface area contributed by atoms with E-state index < -0.39 is 0 Å². The Bertz CT molecular complexity index is 139. The van der Waals surface area contributed by atoms with Crippen molar-refractivity contribution in [3.8, 4) is 0 Å². The van der Waals surface area contributed by atoms with Gasteiger partial charge in [-0.3, -0.25) is 4.99 Å². The molecule has 70 valence electrons. The minimum atomic E-state index is 0.416. The van der Waals surface area contributed by atoms with Crippen LogP contribution in [0.5, 0.6) is 0 Å². The number of hydrogen-bond donors (Lipinski definition) is 1. The lowest BCUT2D eigenvalue weighted by molar-refractivity contribution is 0.247. The molecular formula is C9H18N2O. The van der Waals surface area contributed by atoms with Crippen LogP contribution in [-0.2, 0) is 4.74 Å². The summed E-state index contributed by atoms with van der Waals surface area (Å²) in [6, 6.07) is 0.916. The van der Waals surface area contributed by atoms with Crippen molar-refractivity contribution in [1.29, 1.82) is 0 Å². The van der Waals surface area contributed by atoms with Crippen LogP contribution >= 0.6 is 0 Å². The average Bonchev–Trinajstić information content (AvgIpc) is 2.09. The van der Waals surface area contributed by atoms with E-state index >= 15 is 0 Å². The van der Waals surface area contributed by atoms with Crippen molar-refractivity contribution in [2.24, 2.45) is 10.7 Å². The van der Waals surface area contributed by atoms with Crippen molar-refractivity contribution < 1.29 is 4.74 Å². The summed E-state index contributed by atoms with van der Waals surface area (Å²) in [6.07, 6.45) is 6.38. The van der Waals surface area contributed by atoms with E-state index in [1.165, 1.54) is 0 Å². The van der Waals surface area contributed by atoms with Gasteiger partial charge in [-0.15, -0.1) is 0 Å². The number of methoxy groups -OCH3 is 1. The maximum Gasteiger partial charge on any atom is 0.0810 e. The van der Waals surface area contributed by atoms with Gasteiger partial charge in [-0.1, -0.05) is 0 Å².